The minimum absolute atomic E-state index is 0.0800. The first-order valence-electron chi connectivity index (χ1n) is 13.1. The third kappa shape index (κ3) is 5.01. The molecule has 36 heavy (non-hydrogen) atoms. The van der Waals surface area contributed by atoms with E-state index in [2.05, 4.69) is 38.1 Å². The lowest BCUT2D eigenvalue weighted by atomic mass is 9.83. The van der Waals surface area contributed by atoms with Crippen molar-refractivity contribution in [3.05, 3.63) is 57.6 Å². The second kappa shape index (κ2) is 9.89. The molecule has 2 aliphatic rings. The van der Waals surface area contributed by atoms with Gasteiger partial charge in [-0.15, -0.1) is 0 Å². The molecule has 2 aromatic rings. The smallest absolute Gasteiger partial charge is 0.337 e. The Bertz CT molecular complexity index is 1160. The van der Waals surface area contributed by atoms with Gasteiger partial charge in [0.25, 0.3) is 0 Å². The number of carboxylic acid groups (broad SMARTS) is 1. The molecule has 2 aliphatic heterocycles. The highest BCUT2D eigenvalue weighted by molar-refractivity contribution is 5.85. The van der Waals surface area contributed by atoms with Crippen molar-refractivity contribution in [2.75, 3.05) is 6.54 Å². The molecule has 0 radical (unpaired) electrons. The van der Waals surface area contributed by atoms with E-state index in [1.807, 2.05) is 44.4 Å². The Labute approximate surface area is 215 Å². The minimum atomic E-state index is -1.11. The summed E-state index contributed by atoms with van der Waals surface area (Å²) >= 11 is 0. The minimum Gasteiger partial charge on any atom is -0.479 e. The van der Waals surface area contributed by atoms with Crippen molar-refractivity contribution in [2.24, 2.45) is 0 Å². The fourth-order valence-electron chi connectivity index (χ4n) is 5.73. The van der Waals surface area contributed by atoms with Crippen LogP contribution in [0.15, 0.2) is 24.3 Å². The summed E-state index contributed by atoms with van der Waals surface area (Å²) in [5, 5.41) is 10.3. The number of piperidine rings is 1. The average Bonchev–Trinajstić information content (AvgIpc) is 3.26. The number of rotatable bonds is 4. The topological polar surface area (TPSA) is 70.1 Å². The van der Waals surface area contributed by atoms with E-state index in [1.54, 1.807) is 0 Å². The van der Waals surface area contributed by atoms with Gasteiger partial charge in [-0.3, -0.25) is 0 Å². The SMILES string of the molecule is Cc1ccc(-c2c(C)c3c(c(C)c2C(OC(C)(C)C)C(=O)O)CN(C(=O)N2CCCC[C@H]2C)C3)cc1. The van der Waals surface area contributed by atoms with Crippen LogP contribution < -0.4 is 0 Å². The number of nitrogens with zero attached hydrogens (tertiary/aromatic N) is 2. The standard InChI is InChI=1S/C30H40N2O4/c1-18-11-13-22(14-12-18)25-20(3)23-16-31(29(35)32-15-9-8-10-19(32)2)17-24(23)21(4)26(25)27(28(33)34)36-30(5,6)7/h11-14,19,27H,8-10,15-17H2,1-7H3,(H,33,34)/t19-,27?/m1/s1. The Morgan fingerprint density at radius 3 is 2.17 bits per heavy atom. The first-order chi connectivity index (χ1) is 16.9. The molecule has 6 heteroatoms. The molecule has 194 valence electrons. The molecule has 0 aliphatic carbocycles. The fourth-order valence-corrected chi connectivity index (χ4v) is 5.73. The predicted octanol–water partition coefficient (Wildman–Crippen LogP) is 6.53. The molecule has 0 spiro atoms. The summed E-state index contributed by atoms with van der Waals surface area (Å²) in [6.07, 6.45) is 2.13. The fraction of sp³-hybridized carbons (Fsp3) is 0.533. The Balaban J connectivity index is 1.85. The van der Waals surface area contributed by atoms with E-state index in [0.29, 0.717) is 18.7 Å². The number of benzene rings is 2. The summed E-state index contributed by atoms with van der Waals surface area (Å²) in [4.78, 5) is 30.1. The molecule has 2 amide bonds. The number of carbonyl (C=O) groups is 2. The Kier molecular flexibility index (Phi) is 7.20. The van der Waals surface area contributed by atoms with E-state index >= 15 is 0 Å². The van der Waals surface area contributed by atoms with Crippen molar-refractivity contribution in [1.82, 2.24) is 9.80 Å². The Hall–Kier alpha value is -2.86. The molecule has 1 unspecified atom stereocenters. The molecule has 1 N–H and O–H groups in total. The van der Waals surface area contributed by atoms with E-state index in [0.717, 1.165) is 64.8 Å². The highest BCUT2D eigenvalue weighted by atomic mass is 16.5. The van der Waals surface area contributed by atoms with Gasteiger partial charge in [0, 0.05) is 31.2 Å². The highest BCUT2D eigenvalue weighted by Crippen LogP contribution is 2.44. The van der Waals surface area contributed by atoms with E-state index in [1.165, 1.54) is 0 Å². The largest absolute Gasteiger partial charge is 0.479 e. The number of amides is 2. The molecule has 4 rings (SSSR count). The molecule has 1 fully saturated rings. The van der Waals surface area contributed by atoms with Crippen LogP contribution in [0.25, 0.3) is 11.1 Å². The van der Waals surface area contributed by atoms with Gasteiger partial charge in [0.1, 0.15) is 0 Å². The van der Waals surface area contributed by atoms with Crippen molar-refractivity contribution in [2.45, 2.75) is 98.6 Å². The van der Waals surface area contributed by atoms with Crippen LogP contribution in [-0.4, -0.2) is 45.1 Å². The van der Waals surface area contributed by atoms with Crippen LogP contribution in [0.3, 0.4) is 0 Å². The van der Waals surface area contributed by atoms with Crippen LogP contribution in [0.5, 0.6) is 0 Å². The van der Waals surface area contributed by atoms with Crippen LogP contribution in [-0.2, 0) is 22.6 Å². The molecule has 0 saturated carbocycles. The summed E-state index contributed by atoms with van der Waals surface area (Å²) in [5.41, 5.74) is 7.19. The zero-order valence-electron chi connectivity index (χ0n) is 22.8. The maximum absolute atomic E-state index is 13.5. The molecule has 2 heterocycles. The zero-order valence-corrected chi connectivity index (χ0v) is 22.8. The highest BCUT2D eigenvalue weighted by Gasteiger charge is 2.38. The number of carboxylic acids is 1. The van der Waals surface area contributed by atoms with E-state index in [9.17, 15) is 14.7 Å². The van der Waals surface area contributed by atoms with Gasteiger partial charge in [-0.25, -0.2) is 9.59 Å². The van der Waals surface area contributed by atoms with E-state index < -0.39 is 17.7 Å². The van der Waals surface area contributed by atoms with Gasteiger partial charge < -0.3 is 19.6 Å². The first-order valence-corrected chi connectivity index (χ1v) is 13.1. The predicted molar refractivity (Wildman–Crippen MR) is 142 cm³/mol. The summed E-state index contributed by atoms with van der Waals surface area (Å²) in [6.45, 7) is 15.7. The zero-order chi connectivity index (χ0) is 26.4. The molecule has 1 saturated heterocycles. The van der Waals surface area contributed by atoms with Gasteiger partial charge in [-0.2, -0.15) is 0 Å². The normalized spacial score (nSPS) is 18.8. The monoisotopic (exact) mass is 492 g/mol. The van der Waals surface area contributed by atoms with Gasteiger partial charge in [-0.1, -0.05) is 29.8 Å². The molecular formula is C30H40N2O4. The number of aliphatic carboxylic acids is 1. The number of ether oxygens (including phenoxy) is 1. The number of hydrogen-bond acceptors (Lipinski definition) is 3. The molecule has 2 aromatic carbocycles. The second-order valence-corrected chi connectivity index (χ2v) is 11.5. The maximum atomic E-state index is 13.5. The van der Waals surface area contributed by atoms with Crippen molar-refractivity contribution in [3.8, 4) is 11.1 Å². The van der Waals surface area contributed by atoms with E-state index in [-0.39, 0.29) is 12.1 Å². The van der Waals surface area contributed by atoms with Crippen LogP contribution in [0, 0.1) is 20.8 Å². The van der Waals surface area contributed by atoms with Crippen LogP contribution in [0.2, 0.25) is 0 Å². The lowest BCUT2D eigenvalue weighted by molar-refractivity contribution is -0.160. The van der Waals surface area contributed by atoms with Crippen LogP contribution >= 0.6 is 0 Å². The number of likely N-dealkylation sites (tertiary alicyclic amines) is 1. The molecular weight excluding hydrogens is 452 g/mol. The first kappa shape index (κ1) is 26.2. The van der Waals surface area contributed by atoms with Crippen LogP contribution in [0.4, 0.5) is 4.79 Å². The molecule has 6 nitrogen and oxygen atoms in total. The van der Waals surface area contributed by atoms with Crippen molar-refractivity contribution >= 4 is 12.0 Å². The molecule has 2 atom stereocenters. The maximum Gasteiger partial charge on any atom is 0.337 e. The number of aryl methyl sites for hydroxylation is 1. The number of hydrogen-bond donors (Lipinski definition) is 1. The number of fused-ring (bicyclic) bond motifs is 1. The lowest BCUT2D eigenvalue weighted by Crippen LogP contribution is -2.47. The van der Waals surface area contributed by atoms with Gasteiger partial charge in [0.05, 0.1) is 5.60 Å². The third-order valence-corrected chi connectivity index (χ3v) is 7.63. The Morgan fingerprint density at radius 1 is 1.00 bits per heavy atom. The average molecular weight is 493 g/mol. The van der Waals surface area contributed by atoms with Gasteiger partial charge in [-0.05, 0) is 101 Å². The summed E-state index contributed by atoms with van der Waals surface area (Å²) in [5.74, 6) is -1.01. The van der Waals surface area contributed by atoms with Crippen molar-refractivity contribution in [3.63, 3.8) is 0 Å². The Morgan fingerprint density at radius 2 is 1.61 bits per heavy atom. The summed E-state index contributed by atoms with van der Waals surface area (Å²) < 4.78 is 6.16. The lowest BCUT2D eigenvalue weighted by Gasteiger charge is -2.36. The summed E-state index contributed by atoms with van der Waals surface area (Å²) in [6, 6.07) is 8.53. The van der Waals surface area contributed by atoms with Gasteiger partial charge >= 0.3 is 12.0 Å². The van der Waals surface area contributed by atoms with Crippen molar-refractivity contribution < 1.29 is 19.4 Å². The van der Waals surface area contributed by atoms with E-state index in [4.69, 9.17) is 4.74 Å². The molecule has 0 aromatic heterocycles. The quantitative estimate of drug-likeness (QED) is 0.527. The third-order valence-electron chi connectivity index (χ3n) is 7.63. The van der Waals surface area contributed by atoms with Crippen LogP contribution in [0.1, 0.15) is 86.4 Å². The molecule has 0 bridgehead atoms. The summed E-state index contributed by atoms with van der Waals surface area (Å²) in [7, 11) is 0. The van der Waals surface area contributed by atoms with Crippen molar-refractivity contribution in [1.29, 1.82) is 0 Å². The number of carbonyl (C=O) groups excluding carboxylic acids is 1. The number of urea groups is 1. The second-order valence-electron chi connectivity index (χ2n) is 11.5. The van der Waals surface area contributed by atoms with Gasteiger partial charge in [0.2, 0.25) is 0 Å². The van der Waals surface area contributed by atoms with Gasteiger partial charge in [0.15, 0.2) is 6.10 Å².